The zero-order chi connectivity index (χ0) is 15.5. The van der Waals surface area contributed by atoms with Crippen LogP contribution in [0.15, 0.2) is 29.2 Å². The van der Waals surface area contributed by atoms with Crippen molar-refractivity contribution in [2.75, 3.05) is 6.54 Å². The summed E-state index contributed by atoms with van der Waals surface area (Å²) in [6.45, 7) is 4.64. The molecule has 1 aliphatic carbocycles. The Morgan fingerprint density at radius 2 is 1.86 bits per heavy atom. The van der Waals surface area contributed by atoms with Crippen LogP contribution in [0.5, 0.6) is 0 Å². The quantitative estimate of drug-likeness (QED) is 0.878. The fraction of sp³-hybridized carbons (Fsp3) is 0.625. The van der Waals surface area contributed by atoms with Crippen molar-refractivity contribution in [3.63, 3.8) is 0 Å². The van der Waals surface area contributed by atoms with Crippen LogP contribution in [-0.2, 0) is 10.0 Å². The van der Waals surface area contributed by atoms with Crippen LogP contribution in [-0.4, -0.2) is 15.0 Å². The summed E-state index contributed by atoms with van der Waals surface area (Å²) in [5, 5.41) is 0. The SMILES string of the molecule is CC(N)c1ccc(S(=O)(=O)NCC2CCCCC2C)cc1. The van der Waals surface area contributed by atoms with E-state index < -0.39 is 10.0 Å². The number of nitrogens with two attached hydrogens (primary N) is 1. The minimum Gasteiger partial charge on any atom is -0.324 e. The third-order valence-electron chi connectivity index (χ3n) is 4.54. The van der Waals surface area contributed by atoms with E-state index >= 15 is 0 Å². The molecule has 5 heteroatoms. The van der Waals surface area contributed by atoms with Gasteiger partial charge >= 0.3 is 0 Å². The van der Waals surface area contributed by atoms with Crippen LogP contribution >= 0.6 is 0 Å². The zero-order valence-corrected chi connectivity index (χ0v) is 13.7. The molecule has 3 unspecified atom stereocenters. The Morgan fingerprint density at radius 1 is 1.24 bits per heavy atom. The molecule has 21 heavy (non-hydrogen) atoms. The van der Waals surface area contributed by atoms with Crippen molar-refractivity contribution in [2.24, 2.45) is 17.6 Å². The van der Waals surface area contributed by atoms with E-state index in [0.717, 1.165) is 12.0 Å². The van der Waals surface area contributed by atoms with E-state index in [1.54, 1.807) is 24.3 Å². The third kappa shape index (κ3) is 4.28. The Kier molecular flexibility index (Phi) is 5.41. The molecule has 2 rings (SSSR count). The van der Waals surface area contributed by atoms with Crippen LogP contribution in [0.25, 0.3) is 0 Å². The largest absolute Gasteiger partial charge is 0.324 e. The lowest BCUT2D eigenvalue weighted by atomic mass is 9.81. The summed E-state index contributed by atoms with van der Waals surface area (Å²) < 4.78 is 27.4. The second-order valence-electron chi connectivity index (χ2n) is 6.23. The first-order chi connectivity index (χ1) is 9.90. The van der Waals surface area contributed by atoms with Gasteiger partial charge in [-0.05, 0) is 42.9 Å². The smallest absolute Gasteiger partial charge is 0.240 e. The molecule has 1 fully saturated rings. The van der Waals surface area contributed by atoms with E-state index in [9.17, 15) is 8.42 Å². The molecule has 0 radical (unpaired) electrons. The summed E-state index contributed by atoms with van der Waals surface area (Å²) in [6, 6.07) is 6.74. The number of nitrogens with one attached hydrogen (secondary N) is 1. The number of benzene rings is 1. The van der Waals surface area contributed by atoms with E-state index in [-0.39, 0.29) is 6.04 Å². The molecule has 1 saturated carbocycles. The van der Waals surface area contributed by atoms with Crippen molar-refractivity contribution in [3.05, 3.63) is 29.8 Å². The topological polar surface area (TPSA) is 72.2 Å². The number of rotatable bonds is 5. The van der Waals surface area contributed by atoms with Crippen LogP contribution in [0, 0.1) is 11.8 Å². The Labute approximate surface area is 128 Å². The van der Waals surface area contributed by atoms with Crippen LogP contribution in [0.1, 0.15) is 51.1 Å². The highest BCUT2D eigenvalue weighted by Gasteiger charge is 2.23. The Hall–Kier alpha value is -0.910. The number of sulfonamides is 1. The van der Waals surface area contributed by atoms with Crippen molar-refractivity contribution >= 4 is 10.0 Å². The average molecular weight is 310 g/mol. The van der Waals surface area contributed by atoms with Crippen molar-refractivity contribution < 1.29 is 8.42 Å². The molecule has 4 nitrogen and oxygen atoms in total. The summed E-state index contributed by atoms with van der Waals surface area (Å²) in [4.78, 5) is 0.315. The molecule has 0 aromatic heterocycles. The van der Waals surface area contributed by atoms with Gasteiger partial charge in [-0.15, -0.1) is 0 Å². The van der Waals surface area contributed by atoms with Gasteiger partial charge in [-0.3, -0.25) is 0 Å². The maximum atomic E-state index is 12.3. The highest BCUT2D eigenvalue weighted by molar-refractivity contribution is 7.89. The summed E-state index contributed by atoms with van der Waals surface area (Å²) in [7, 11) is -3.42. The van der Waals surface area contributed by atoms with Crippen molar-refractivity contribution in [3.8, 4) is 0 Å². The van der Waals surface area contributed by atoms with Crippen LogP contribution in [0.2, 0.25) is 0 Å². The van der Waals surface area contributed by atoms with Crippen LogP contribution < -0.4 is 10.5 Å². The minimum absolute atomic E-state index is 0.0854. The van der Waals surface area contributed by atoms with Gasteiger partial charge < -0.3 is 5.73 Å². The maximum absolute atomic E-state index is 12.3. The molecule has 0 spiro atoms. The normalized spacial score (nSPS) is 24.7. The lowest BCUT2D eigenvalue weighted by Crippen LogP contribution is -2.33. The van der Waals surface area contributed by atoms with Gasteiger partial charge in [0.25, 0.3) is 0 Å². The standard InChI is InChI=1S/C16H26N2O2S/c1-12-5-3-4-6-15(12)11-18-21(19,20)16-9-7-14(8-10-16)13(2)17/h7-10,12-13,15,18H,3-6,11,17H2,1-2H3. The van der Waals surface area contributed by atoms with Gasteiger partial charge in [0.15, 0.2) is 0 Å². The molecule has 1 aliphatic rings. The average Bonchev–Trinajstić information content (AvgIpc) is 2.46. The fourth-order valence-electron chi connectivity index (χ4n) is 2.95. The highest BCUT2D eigenvalue weighted by Crippen LogP contribution is 2.29. The molecule has 3 atom stereocenters. The van der Waals surface area contributed by atoms with Crippen LogP contribution in [0.3, 0.4) is 0 Å². The second-order valence-corrected chi connectivity index (χ2v) is 8.00. The first kappa shape index (κ1) is 16.5. The zero-order valence-electron chi connectivity index (χ0n) is 12.9. The summed E-state index contributed by atoms with van der Waals surface area (Å²) in [5.41, 5.74) is 6.72. The van der Waals surface area contributed by atoms with Gasteiger partial charge in [0, 0.05) is 12.6 Å². The highest BCUT2D eigenvalue weighted by atomic mass is 32.2. The molecule has 0 heterocycles. The number of hydrogen-bond acceptors (Lipinski definition) is 3. The van der Waals surface area contributed by atoms with Gasteiger partial charge in [0.2, 0.25) is 10.0 Å². The van der Waals surface area contributed by atoms with Gasteiger partial charge in [-0.2, -0.15) is 0 Å². The van der Waals surface area contributed by atoms with Crippen molar-refractivity contribution in [1.29, 1.82) is 0 Å². The second kappa shape index (κ2) is 6.90. The predicted molar refractivity (Wildman–Crippen MR) is 85.4 cm³/mol. The monoisotopic (exact) mass is 310 g/mol. The Bertz CT molecular complexity index is 552. The van der Waals surface area contributed by atoms with E-state index in [0.29, 0.717) is 23.3 Å². The molecule has 0 bridgehead atoms. The van der Waals surface area contributed by atoms with E-state index in [1.165, 1.54) is 19.3 Å². The third-order valence-corrected chi connectivity index (χ3v) is 5.98. The van der Waals surface area contributed by atoms with Gasteiger partial charge in [-0.1, -0.05) is 38.3 Å². The molecule has 118 valence electrons. The van der Waals surface area contributed by atoms with Crippen molar-refractivity contribution in [2.45, 2.75) is 50.5 Å². The first-order valence-corrected chi connectivity index (χ1v) is 9.23. The summed E-state index contributed by atoms with van der Waals surface area (Å²) >= 11 is 0. The lowest BCUT2D eigenvalue weighted by Gasteiger charge is -2.28. The maximum Gasteiger partial charge on any atom is 0.240 e. The molecule has 0 saturated heterocycles. The minimum atomic E-state index is -3.42. The molecule has 0 amide bonds. The summed E-state index contributed by atoms with van der Waals surface area (Å²) in [6.07, 6.45) is 4.80. The predicted octanol–water partition coefficient (Wildman–Crippen LogP) is 2.81. The van der Waals surface area contributed by atoms with Gasteiger partial charge in [0.1, 0.15) is 0 Å². The van der Waals surface area contributed by atoms with E-state index in [4.69, 9.17) is 5.73 Å². The van der Waals surface area contributed by atoms with Crippen LogP contribution in [0.4, 0.5) is 0 Å². The summed E-state index contributed by atoms with van der Waals surface area (Å²) in [5.74, 6) is 1.05. The molecule has 1 aromatic carbocycles. The first-order valence-electron chi connectivity index (χ1n) is 7.75. The molecular weight excluding hydrogens is 284 g/mol. The van der Waals surface area contributed by atoms with E-state index in [1.807, 2.05) is 6.92 Å². The van der Waals surface area contributed by atoms with Gasteiger partial charge in [-0.25, -0.2) is 13.1 Å². The Balaban J connectivity index is 2.00. The molecular formula is C16H26N2O2S. The van der Waals surface area contributed by atoms with E-state index in [2.05, 4.69) is 11.6 Å². The number of hydrogen-bond donors (Lipinski definition) is 2. The van der Waals surface area contributed by atoms with Gasteiger partial charge in [0.05, 0.1) is 4.90 Å². The Morgan fingerprint density at radius 3 is 2.43 bits per heavy atom. The molecule has 3 N–H and O–H groups in total. The lowest BCUT2D eigenvalue weighted by molar-refractivity contribution is 0.257. The molecule has 0 aliphatic heterocycles. The molecule has 1 aromatic rings. The van der Waals surface area contributed by atoms with Crippen molar-refractivity contribution in [1.82, 2.24) is 4.72 Å². The fourth-order valence-corrected chi connectivity index (χ4v) is 4.04.